The van der Waals surface area contributed by atoms with Crippen LogP contribution in [0.4, 0.5) is 4.79 Å². The van der Waals surface area contributed by atoms with E-state index in [0.717, 1.165) is 4.47 Å². The summed E-state index contributed by atoms with van der Waals surface area (Å²) >= 11 is 3.30. The van der Waals surface area contributed by atoms with Gasteiger partial charge in [-0.2, -0.15) is 0 Å². The minimum absolute atomic E-state index is 0.500. The predicted molar refractivity (Wildman–Crippen MR) is 66.8 cm³/mol. The zero-order chi connectivity index (χ0) is 12.8. The summed E-state index contributed by atoms with van der Waals surface area (Å²) in [5.41, 5.74) is 0. The summed E-state index contributed by atoms with van der Waals surface area (Å²) in [6.07, 6.45) is -0.758. The molecule has 0 bridgehead atoms. The number of halogens is 1. The maximum absolute atomic E-state index is 11.5. The van der Waals surface area contributed by atoms with Crippen molar-refractivity contribution < 1.29 is 14.3 Å². The largest absolute Gasteiger partial charge is 0.480 e. The van der Waals surface area contributed by atoms with Crippen molar-refractivity contribution in [2.24, 2.45) is 0 Å². The molecule has 0 spiro atoms. The molecule has 0 aliphatic carbocycles. The Balaban J connectivity index is 2.60. The SMILES string of the molecule is CNC(=O)NC(=O)C(C)Oc1ccccc1Br. The quantitative estimate of drug-likeness (QED) is 0.892. The van der Waals surface area contributed by atoms with Gasteiger partial charge in [0.1, 0.15) is 5.75 Å². The van der Waals surface area contributed by atoms with Crippen LogP contribution >= 0.6 is 15.9 Å². The van der Waals surface area contributed by atoms with E-state index in [1.807, 2.05) is 6.07 Å². The number of urea groups is 1. The van der Waals surface area contributed by atoms with Crippen LogP contribution in [0.5, 0.6) is 5.75 Å². The van der Waals surface area contributed by atoms with E-state index in [2.05, 4.69) is 26.6 Å². The van der Waals surface area contributed by atoms with Gasteiger partial charge >= 0.3 is 6.03 Å². The highest BCUT2D eigenvalue weighted by Crippen LogP contribution is 2.24. The second-order valence-electron chi connectivity index (χ2n) is 3.26. The van der Waals surface area contributed by atoms with E-state index in [0.29, 0.717) is 5.75 Å². The fourth-order valence-electron chi connectivity index (χ4n) is 1.06. The van der Waals surface area contributed by atoms with Crippen molar-refractivity contribution in [3.05, 3.63) is 28.7 Å². The molecular weight excluding hydrogens is 288 g/mol. The number of carbonyl (C=O) groups is 2. The molecule has 0 aliphatic rings. The third kappa shape index (κ3) is 4.07. The monoisotopic (exact) mass is 300 g/mol. The first-order valence-electron chi connectivity index (χ1n) is 4.98. The van der Waals surface area contributed by atoms with Crippen molar-refractivity contribution in [2.45, 2.75) is 13.0 Å². The molecular formula is C11H13BrN2O3. The highest BCUT2D eigenvalue weighted by molar-refractivity contribution is 9.10. The lowest BCUT2D eigenvalue weighted by molar-refractivity contribution is -0.126. The Kier molecular flexibility index (Phi) is 4.96. The summed E-state index contributed by atoms with van der Waals surface area (Å²) in [5.74, 6) is 0.0483. The second-order valence-corrected chi connectivity index (χ2v) is 4.11. The molecule has 5 nitrogen and oxygen atoms in total. The van der Waals surface area contributed by atoms with Crippen molar-refractivity contribution in [1.82, 2.24) is 10.6 Å². The number of carbonyl (C=O) groups excluding carboxylic acids is 2. The average molecular weight is 301 g/mol. The number of benzene rings is 1. The lowest BCUT2D eigenvalue weighted by atomic mass is 10.3. The van der Waals surface area contributed by atoms with Crippen LogP contribution < -0.4 is 15.4 Å². The van der Waals surface area contributed by atoms with Gasteiger partial charge in [-0.15, -0.1) is 0 Å². The predicted octanol–water partition coefficient (Wildman–Crippen LogP) is 1.67. The molecule has 17 heavy (non-hydrogen) atoms. The van der Waals surface area contributed by atoms with Crippen LogP contribution in [0.2, 0.25) is 0 Å². The minimum Gasteiger partial charge on any atom is -0.480 e. The van der Waals surface area contributed by atoms with E-state index in [-0.39, 0.29) is 0 Å². The van der Waals surface area contributed by atoms with Crippen LogP contribution in [0, 0.1) is 0 Å². The van der Waals surface area contributed by atoms with Crippen molar-refractivity contribution in [2.75, 3.05) is 7.05 Å². The fourth-order valence-corrected chi connectivity index (χ4v) is 1.44. The van der Waals surface area contributed by atoms with Gasteiger partial charge in [-0.1, -0.05) is 12.1 Å². The summed E-state index contributed by atoms with van der Waals surface area (Å²) in [4.78, 5) is 22.5. The van der Waals surface area contributed by atoms with Crippen LogP contribution in [0.3, 0.4) is 0 Å². The van der Waals surface area contributed by atoms with Gasteiger partial charge in [0.05, 0.1) is 4.47 Å². The Morgan fingerprint density at radius 1 is 1.35 bits per heavy atom. The maximum Gasteiger partial charge on any atom is 0.321 e. The van der Waals surface area contributed by atoms with Crippen LogP contribution in [0.25, 0.3) is 0 Å². The van der Waals surface area contributed by atoms with Gasteiger partial charge in [-0.05, 0) is 35.0 Å². The molecule has 92 valence electrons. The van der Waals surface area contributed by atoms with E-state index >= 15 is 0 Å². The van der Waals surface area contributed by atoms with Crippen LogP contribution in [0.15, 0.2) is 28.7 Å². The van der Waals surface area contributed by atoms with Crippen molar-refractivity contribution >= 4 is 27.9 Å². The lowest BCUT2D eigenvalue weighted by Gasteiger charge is -2.14. The molecule has 1 rings (SSSR count). The number of rotatable bonds is 3. The Morgan fingerprint density at radius 2 is 2.00 bits per heavy atom. The van der Waals surface area contributed by atoms with Gasteiger partial charge in [0.15, 0.2) is 6.10 Å². The maximum atomic E-state index is 11.5. The third-order valence-electron chi connectivity index (χ3n) is 1.97. The van der Waals surface area contributed by atoms with Crippen molar-refractivity contribution in [1.29, 1.82) is 0 Å². The Morgan fingerprint density at radius 3 is 2.59 bits per heavy atom. The molecule has 0 fully saturated rings. The molecule has 0 radical (unpaired) electrons. The van der Waals surface area contributed by atoms with Crippen LogP contribution in [-0.2, 0) is 4.79 Å². The van der Waals surface area contributed by atoms with Gasteiger partial charge in [0.2, 0.25) is 0 Å². The zero-order valence-electron chi connectivity index (χ0n) is 9.49. The van der Waals surface area contributed by atoms with Gasteiger partial charge in [-0.25, -0.2) is 4.79 Å². The van der Waals surface area contributed by atoms with E-state index < -0.39 is 18.0 Å². The van der Waals surface area contributed by atoms with E-state index in [9.17, 15) is 9.59 Å². The summed E-state index contributed by atoms with van der Waals surface area (Å²) in [7, 11) is 1.43. The smallest absolute Gasteiger partial charge is 0.321 e. The molecule has 0 aliphatic heterocycles. The molecule has 3 amide bonds. The summed E-state index contributed by atoms with van der Waals surface area (Å²) in [5, 5.41) is 4.43. The highest BCUT2D eigenvalue weighted by Gasteiger charge is 2.17. The number of imide groups is 1. The van der Waals surface area contributed by atoms with E-state index in [1.54, 1.807) is 25.1 Å². The highest BCUT2D eigenvalue weighted by atomic mass is 79.9. The lowest BCUT2D eigenvalue weighted by Crippen LogP contribution is -2.43. The summed E-state index contributed by atoms with van der Waals surface area (Å²) < 4.78 is 6.16. The first-order chi connectivity index (χ1) is 8.04. The van der Waals surface area contributed by atoms with E-state index in [4.69, 9.17) is 4.74 Å². The molecule has 2 N–H and O–H groups in total. The van der Waals surface area contributed by atoms with Gasteiger partial charge < -0.3 is 10.1 Å². The minimum atomic E-state index is -0.758. The topological polar surface area (TPSA) is 67.4 Å². The van der Waals surface area contributed by atoms with Crippen LogP contribution in [0.1, 0.15) is 6.92 Å². The van der Waals surface area contributed by atoms with Crippen LogP contribution in [-0.4, -0.2) is 25.1 Å². The Bertz CT molecular complexity index is 423. The summed E-state index contributed by atoms with van der Waals surface area (Å²) in [6, 6.07) is 6.61. The van der Waals surface area contributed by atoms with Gasteiger partial charge in [0.25, 0.3) is 5.91 Å². The van der Waals surface area contributed by atoms with Crippen molar-refractivity contribution in [3.8, 4) is 5.75 Å². The third-order valence-corrected chi connectivity index (χ3v) is 2.63. The molecule has 1 atom stereocenters. The molecule has 6 heteroatoms. The van der Waals surface area contributed by atoms with Gasteiger partial charge in [-0.3, -0.25) is 10.1 Å². The molecule has 1 aromatic rings. The average Bonchev–Trinajstić information content (AvgIpc) is 2.31. The van der Waals surface area contributed by atoms with Gasteiger partial charge in [0, 0.05) is 7.05 Å². The normalized spacial score (nSPS) is 11.5. The standard InChI is InChI=1S/C11H13BrN2O3/c1-7(10(15)14-11(16)13-2)17-9-6-4-3-5-8(9)12/h3-7H,1-2H3,(H2,13,14,15,16). The molecule has 1 aromatic carbocycles. The molecule has 0 aromatic heterocycles. The first kappa shape index (κ1) is 13.5. The zero-order valence-corrected chi connectivity index (χ0v) is 11.1. The molecule has 0 saturated heterocycles. The molecule has 0 saturated carbocycles. The number of ether oxygens (including phenoxy) is 1. The fraction of sp³-hybridized carbons (Fsp3) is 0.273. The number of amides is 3. The number of nitrogens with one attached hydrogen (secondary N) is 2. The first-order valence-corrected chi connectivity index (χ1v) is 5.77. The molecule has 0 heterocycles. The Labute approximate surface area is 108 Å². The van der Waals surface area contributed by atoms with E-state index in [1.165, 1.54) is 7.05 Å². The number of para-hydroxylation sites is 1. The number of hydrogen-bond donors (Lipinski definition) is 2. The van der Waals surface area contributed by atoms with Crippen molar-refractivity contribution in [3.63, 3.8) is 0 Å². The second kappa shape index (κ2) is 6.24. The number of hydrogen-bond acceptors (Lipinski definition) is 3. The summed E-state index contributed by atoms with van der Waals surface area (Å²) in [6.45, 7) is 1.57. The Hall–Kier alpha value is -1.56. The molecule has 1 unspecified atom stereocenters.